The fraction of sp³-hybridized carbons (Fsp3) is 0.800. The molecule has 0 aromatic heterocycles. The first-order valence-corrected chi connectivity index (χ1v) is 4.56. The molecule has 0 aliphatic rings. The topological polar surface area (TPSA) is 101 Å². The van der Waals surface area contributed by atoms with Crippen LogP contribution >= 0.6 is 0 Å². The molecule has 0 saturated heterocycles. The number of hydrogen-bond donors (Lipinski definition) is 2. The van der Waals surface area contributed by atoms with Crippen LogP contribution in [-0.2, 0) is 34.8 Å². The third-order valence-electron chi connectivity index (χ3n) is 0.690. The Hall–Kier alpha value is -0.322. The van der Waals surface area contributed by atoms with Crippen LogP contribution in [0.4, 0.5) is 0 Å². The van der Waals surface area contributed by atoms with E-state index in [9.17, 15) is 4.79 Å². The molecule has 7 heteroatoms. The quantitative estimate of drug-likeness (QED) is 0.482. The summed E-state index contributed by atoms with van der Waals surface area (Å²) in [4.78, 5) is 10.0. The normalized spacial score (nSPS) is 10.6. The second-order valence-electron chi connectivity index (χ2n) is 1.71. The average Bonchev–Trinajstić information content (AvgIpc) is 2.01. The molecule has 2 N–H and O–H groups in total. The van der Waals surface area contributed by atoms with Crippen molar-refractivity contribution >= 4 is 5.97 Å². The summed E-state index contributed by atoms with van der Waals surface area (Å²) in [6.07, 6.45) is -0.950. The molecule has 0 saturated carbocycles. The Kier molecular flexibility index (Phi) is 12.7. The molecule has 0 aromatic rings. The summed E-state index contributed by atoms with van der Waals surface area (Å²) in [5, 5.41) is 16.8. The third-order valence-corrected chi connectivity index (χ3v) is 0.690. The molecule has 0 aromatic carbocycles. The van der Waals surface area contributed by atoms with Crippen molar-refractivity contribution in [3.63, 3.8) is 0 Å². The van der Waals surface area contributed by atoms with Gasteiger partial charge >= 0.3 is 31.3 Å². The van der Waals surface area contributed by atoms with Gasteiger partial charge in [-0.1, -0.05) is 0 Å². The van der Waals surface area contributed by atoms with Crippen molar-refractivity contribution < 1.29 is 45.0 Å². The molecular formula is C5H10MoO6. The summed E-state index contributed by atoms with van der Waals surface area (Å²) in [6.45, 7) is 0.725. The van der Waals surface area contributed by atoms with Crippen molar-refractivity contribution in [2.75, 3.05) is 13.2 Å². The van der Waals surface area contributed by atoms with E-state index >= 15 is 0 Å². The molecule has 1 unspecified atom stereocenters. The Morgan fingerprint density at radius 2 is 2.00 bits per heavy atom. The summed E-state index contributed by atoms with van der Waals surface area (Å²) in [6, 6.07) is 0. The van der Waals surface area contributed by atoms with Gasteiger partial charge in [0.15, 0.2) is 0 Å². The number of esters is 1. The van der Waals surface area contributed by atoms with Gasteiger partial charge in [-0.3, -0.25) is 4.79 Å². The van der Waals surface area contributed by atoms with E-state index in [-0.39, 0.29) is 13.2 Å². The van der Waals surface area contributed by atoms with E-state index in [4.69, 9.17) is 17.0 Å². The molecule has 0 rings (SSSR count). The van der Waals surface area contributed by atoms with Crippen LogP contribution < -0.4 is 0 Å². The number of carbonyl (C=O) groups excluding carboxylic acids is 1. The van der Waals surface area contributed by atoms with Crippen molar-refractivity contribution in [2.45, 2.75) is 13.0 Å². The van der Waals surface area contributed by atoms with Crippen LogP contribution in [-0.4, -0.2) is 35.5 Å². The third kappa shape index (κ3) is 16.3. The van der Waals surface area contributed by atoms with Crippen LogP contribution in [0.3, 0.4) is 0 Å². The Morgan fingerprint density at radius 3 is 2.25 bits per heavy atom. The Labute approximate surface area is 77.7 Å². The van der Waals surface area contributed by atoms with Crippen molar-refractivity contribution in [3.05, 3.63) is 0 Å². The standard InChI is InChI=1S/C5H10O4.Mo.2O/c1-4(7)9-3-5(8)2-6;;;/h5-6,8H,2-3H2,1H3;;;. The Bertz CT molecular complexity index is 152. The molecule has 0 aliphatic carbocycles. The van der Waals surface area contributed by atoms with Crippen LogP contribution in [0.1, 0.15) is 6.92 Å². The molecular weight excluding hydrogens is 252 g/mol. The van der Waals surface area contributed by atoms with E-state index in [1.807, 2.05) is 0 Å². The van der Waals surface area contributed by atoms with Crippen molar-refractivity contribution in [1.29, 1.82) is 0 Å². The summed E-state index contributed by atoms with van der Waals surface area (Å²) in [5.74, 6) is -0.456. The van der Waals surface area contributed by atoms with E-state index in [2.05, 4.69) is 4.74 Å². The van der Waals surface area contributed by atoms with Gasteiger partial charge in [0.05, 0.1) is 6.61 Å². The molecule has 0 bridgehead atoms. The zero-order valence-electron chi connectivity index (χ0n) is 6.43. The summed E-state index contributed by atoms with van der Waals surface area (Å²) in [5.41, 5.74) is 0. The molecule has 0 fully saturated rings. The van der Waals surface area contributed by atoms with Crippen LogP contribution in [0.15, 0.2) is 0 Å². The number of aliphatic hydroxyl groups excluding tert-OH is 2. The van der Waals surface area contributed by atoms with Gasteiger partial charge < -0.3 is 14.9 Å². The zero-order chi connectivity index (χ0) is 9.98. The second kappa shape index (κ2) is 10.7. The van der Waals surface area contributed by atoms with Gasteiger partial charge in [0, 0.05) is 6.92 Å². The van der Waals surface area contributed by atoms with E-state index in [0.29, 0.717) is 0 Å². The number of ether oxygens (including phenoxy) is 1. The maximum atomic E-state index is 10.0. The van der Waals surface area contributed by atoms with E-state index in [1.165, 1.54) is 6.92 Å². The maximum absolute atomic E-state index is 10.0. The fourth-order valence-electron chi connectivity index (χ4n) is 0.266. The summed E-state index contributed by atoms with van der Waals surface area (Å²) >= 11 is -2.03. The molecule has 1 atom stereocenters. The van der Waals surface area contributed by atoms with Gasteiger partial charge in [-0.25, -0.2) is 0 Å². The molecule has 6 nitrogen and oxygen atoms in total. The number of carbonyl (C=O) groups is 1. The van der Waals surface area contributed by atoms with Gasteiger partial charge in [0.25, 0.3) is 0 Å². The van der Waals surface area contributed by atoms with Crippen LogP contribution in [0.25, 0.3) is 0 Å². The van der Waals surface area contributed by atoms with E-state index in [0.717, 1.165) is 0 Å². The van der Waals surface area contributed by atoms with Gasteiger partial charge in [-0.2, -0.15) is 0 Å². The van der Waals surface area contributed by atoms with E-state index < -0.39 is 30.6 Å². The van der Waals surface area contributed by atoms with Gasteiger partial charge in [-0.05, 0) is 0 Å². The second-order valence-corrected chi connectivity index (χ2v) is 2.04. The molecule has 0 radical (unpaired) electrons. The predicted octanol–water partition coefficient (Wildman–Crippen LogP) is -1.34. The zero-order valence-corrected chi connectivity index (χ0v) is 8.43. The number of hydrogen-bond acceptors (Lipinski definition) is 6. The van der Waals surface area contributed by atoms with Crippen molar-refractivity contribution in [2.24, 2.45) is 0 Å². The molecule has 72 valence electrons. The summed E-state index contributed by atoms with van der Waals surface area (Å²) < 4.78 is 21.4. The first-order valence-electron chi connectivity index (χ1n) is 2.92. The van der Waals surface area contributed by atoms with Crippen molar-refractivity contribution in [3.8, 4) is 0 Å². The fourth-order valence-corrected chi connectivity index (χ4v) is 0.266. The number of aliphatic hydroxyl groups is 2. The van der Waals surface area contributed by atoms with Crippen molar-refractivity contribution in [1.82, 2.24) is 0 Å². The predicted molar refractivity (Wildman–Crippen MR) is 31.1 cm³/mol. The SMILES string of the molecule is CC(=O)OCC(O)CO.[O]=[Mo]=[O]. The monoisotopic (exact) mass is 264 g/mol. The van der Waals surface area contributed by atoms with Gasteiger partial charge in [0.2, 0.25) is 0 Å². The van der Waals surface area contributed by atoms with Crippen LogP contribution in [0.5, 0.6) is 0 Å². The molecule has 12 heavy (non-hydrogen) atoms. The molecule has 0 heterocycles. The molecule has 0 amide bonds. The molecule has 0 spiro atoms. The van der Waals surface area contributed by atoms with Gasteiger partial charge in [0.1, 0.15) is 12.7 Å². The van der Waals surface area contributed by atoms with Gasteiger partial charge in [-0.15, -0.1) is 0 Å². The first-order chi connectivity index (χ1) is 5.58. The summed E-state index contributed by atoms with van der Waals surface area (Å²) in [7, 11) is 0. The van der Waals surface area contributed by atoms with Crippen LogP contribution in [0, 0.1) is 0 Å². The minimum absolute atomic E-state index is 0.133. The minimum atomic E-state index is -2.03. The van der Waals surface area contributed by atoms with Crippen LogP contribution in [0.2, 0.25) is 0 Å². The molecule has 0 aliphatic heterocycles. The average molecular weight is 262 g/mol. The first kappa shape index (κ1) is 14.2. The Balaban J connectivity index is 0. The number of rotatable bonds is 3. The van der Waals surface area contributed by atoms with E-state index in [1.54, 1.807) is 0 Å². The Morgan fingerprint density at radius 1 is 1.58 bits per heavy atom.